The molecule has 24 nitrogen and oxygen atoms in total. The average Bonchev–Trinajstić information content (AvgIpc) is 3.19. The molecule has 5 rings (SSSR count). The summed E-state index contributed by atoms with van der Waals surface area (Å²) in [6, 6.07) is -1.87. The monoisotopic (exact) mass is 1060 g/mol. The first-order valence-corrected chi connectivity index (χ1v) is 18.4. The van der Waals surface area contributed by atoms with Crippen molar-refractivity contribution in [3.8, 4) is 0 Å². The van der Waals surface area contributed by atoms with Crippen LogP contribution in [0.1, 0.15) is 13.8 Å². The van der Waals surface area contributed by atoms with Gasteiger partial charge in [0.25, 0.3) is 0 Å². The molecule has 25 heteroatoms. The van der Waals surface area contributed by atoms with Crippen molar-refractivity contribution in [2.45, 2.75) is 167 Å². The molecule has 5 heterocycles. The summed E-state index contributed by atoms with van der Waals surface area (Å²) in [5, 5.41) is 137. The maximum Gasteiger partial charge on any atom is 0.187 e. The smallest absolute Gasteiger partial charge is 0.187 e. The normalized spacial score (nSPS) is 51.5. The van der Waals surface area contributed by atoms with Crippen LogP contribution in [0.3, 0.4) is 0 Å². The summed E-state index contributed by atoms with van der Waals surface area (Å²) in [7, 11) is 0. The number of aliphatic hydroxyl groups excluding tert-OH is 13. The van der Waals surface area contributed by atoms with E-state index in [1.807, 2.05) is 0 Å². The van der Waals surface area contributed by atoms with Crippen molar-refractivity contribution in [1.29, 1.82) is 0 Å². The summed E-state index contributed by atoms with van der Waals surface area (Å²) < 4.78 is 57.5. The van der Waals surface area contributed by atoms with Gasteiger partial charge in [0.15, 0.2) is 25.2 Å². The van der Waals surface area contributed by atoms with Gasteiger partial charge in [-0.25, -0.2) is 0 Å². The molecule has 5 aliphatic rings. The van der Waals surface area contributed by atoms with E-state index in [4.69, 9.17) is 47.4 Å². The number of aliphatic hydroxyl groups is 13. The van der Waals surface area contributed by atoms with E-state index in [2.05, 4.69) is 6.58 Å². The zero-order chi connectivity index (χ0) is 42.0. The van der Waals surface area contributed by atoms with Crippen molar-refractivity contribution in [2.24, 2.45) is 0 Å². The van der Waals surface area contributed by atoms with Gasteiger partial charge in [0.05, 0.1) is 44.7 Å². The van der Waals surface area contributed by atoms with Crippen LogP contribution in [0.4, 0.5) is 0 Å². The maximum absolute atomic E-state index is 11.2. The first-order valence-electron chi connectivity index (χ1n) is 18.4. The molecule has 0 spiro atoms. The summed E-state index contributed by atoms with van der Waals surface area (Å²) in [4.78, 5) is 0. The summed E-state index contributed by atoms with van der Waals surface area (Å²) in [5.41, 5.74) is 9.24. The second-order valence-electron chi connectivity index (χ2n) is 14.6. The summed E-state index contributed by atoms with van der Waals surface area (Å²) in [5.74, 6) is 0. The van der Waals surface area contributed by atoms with Gasteiger partial charge in [-0.2, -0.15) is 0 Å². The van der Waals surface area contributed by atoms with Crippen LogP contribution in [-0.4, -0.2) is 246 Å². The van der Waals surface area contributed by atoms with Gasteiger partial charge < -0.3 is 119 Å². The molecule has 0 aromatic rings. The molecular formula is C33H56AcNO23-. The Bertz CT molecular complexity index is 1270. The molecule has 0 aliphatic carbocycles. The molecule has 335 valence electrons. The minimum atomic E-state index is -1.98. The maximum atomic E-state index is 11.2. The number of nitrogens with one attached hydrogen (secondary N) is 1. The van der Waals surface area contributed by atoms with E-state index in [1.54, 1.807) is 0 Å². The molecule has 0 saturated carbocycles. The van der Waals surface area contributed by atoms with Crippen LogP contribution in [0.2, 0.25) is 0 Å². The fourth-order valence-electron chi connectivity index (χ4n) is 7.19. The fourth-order valence-corrected chi connectivity index (χ4v) is 7.19. The second-order valence-corrected chi connectivity index (χ2v) is 14.6. The number of hydrogen-bond acceptors (Lipinski definition) is 23. The Kier molecular flexibility index (Phi) is 19.5. The van der Waals surface area contributed by atoms with Crippen molar-refractivity contribution in [1.82, 2.24) is 0 Å². The standard InChI is InChI=1S/C33H56NO23.Ac/c1-4-5-48-30-24(47)27(18(41)12(7-36)51-30)56-29-14(34)26(55-31-22(45)19(42)15(38)9(2)49-31)25(13(8-37)53-29)54-33-28(21(44)17(40)11(6-35)52-33)57-32-23(46)20(43)16(39)10(3)50-32;/h4,9-47H,1,5-8H2,2-3H3;/q-1;/t9?,10?,11?,12?,13?,14?,15-,16+,17+,18+,19?,20?,21?,22?,23?,24?,25+,26?,27?,28?,29?,30?,31-,32+,33+;/m1./s1. The molecule has 14 N–H and O–H groups in total. The Morgan fingerprint density at radius 1 is 0.466 bits per heavy atom. The zero-order valence-electron chi connectivity index (χ0n) is 31.5. The Labute approximate surface area is 368 Å². The predicted octanol–water partition coefficient (Wildman–Crippen LogP) is -7.60. The number of ether oxygens (including phenoxy) is 10. The zero-order valence-corrected chi connectivity index (χ0v) is 36.3. The van der Waals surface area contributed by atoms with Crippen LogP contribution in [0.15, 0.2) is 12.7 Å². The van der Waals surface area contributed by atoms with E-state index in [9.17, 15) is 72.1 Å². The molecule has 5 fully saturated rings. The molecule has 0 aromatic carbocycles. The Morgan fingerprint density at radius 3 is 1.43 bits per heavy atom. The molecule has 25 atom stereocenters. The van der Waals surface area contributed by atoms with Gasteiger partial charge in [0.2, 0.25) is 0 Å². The third-order valence-electron chi connectivity index (χ3n) is 10.6. The minimum absolute atomic E-state index is 0. The second kappa shape index (κ2) is 22.2. The third-order valence-corrected chi connectivity index (χ3v) is 10.6. The first-order chi connectivity index (χ1) is 27.0. The number of hydrogen-bond donors (Lipinski definition) is 13. The number of rotatable bonds is 14. The van der Waals surface area contributed by atoms with Gasteiger partial charge in [-0.05, 0) is 13.8 Å². The van der Waals surface area contributed by atoms with Crippen LogP contribution in [0.5, 0.6) is 0 Å². The first kappa shape index (κ1) is 50.9. The quantitative estimate of drug-likeness (QED) is 0.0719. The molecule has 5 saturated heterocycles. The molecular weight excluding hydrogens is 1010 g/mol. The fraction of sp³-hybridized carbons (Fsp3) is 0.939. The van der Waals surface area contributed by atoms with E-state index in [-0.39, 0.29) is 50.7 Å². The van der Waals surface area contributed by atoms with Crippen molar-refractivity contribution in [2.75, 3.05) is 26.4 Å². The molecule has 58 heavy (non-hydrogen) atoms. The van der Waals surface area contributed by atoms with E-state index in [0.29, 0.717) is 0 Å². The van der Waals surface area contributed by atoms with E-state index >= 15 is 0 Å². The van der Waals surface area contributed by atoms with Gasteiger partial charge in [-0.3, -0.25) is 0 Å². The molecule has 17 unspecified atom stereocenters. The Morgan fingerprint density at radius 2 is 0.914 bits per heavy atom. The van der Waals surface area contributed by atoms with Gasteiger partial charge in [-0.15, -0.1) is 6.58 Å². The topological polar surface area (TPSA) is 379 Å². The van der Waals surface area contributed by atoms with Crippen LogP contribution >= 0.6 is 0 Å². The molecule has 0 amide bonds. The Balaban J connectivity index is 0.00000744. The largest absolute Gasteiger partial charge is 0.668 e. The summed E-state index contributed by atoms with van der Waals surface area (Å²) in [6.07, 6.45) is -39.4. The van der Waals surface area contributed by atoms with Crippen molar-refractivity contribution in [3.63, 3.8) is 0 Å². The molecule has 1 radical (unpaired) electrons. The van der Waals surface area contributed by atoms with Crippen molar-refractivity contribution in [3.05, 3.63) is 18.4 Å². The van der Waals surface area contributed by atoms with Gasteiger partial charge in [0, 0.05) is 44.1 Å². The minimum Gasteiger partial charge on any atom is -0.668 e. The predicted molar refractivity (Wildman–Crippen MR) is 180 cm³/mol. The molecule has 0 bridgehead atoms. The molecule has 0 aromatic heterocycles. The molecule has 5 aliphatic heterocycles. The van der Waals surface area contributed by atoms with E-state index in [0.717, 1.165) is 0 Å². The van der Waals surface area contributed by atoms with Crippen LogP contribution in [0, 0.1) is 44.1 Å². The summed E-state index contributed by atoms with van der Waals surface area (Å²) in [6.45, 7) is 3.47. The van der Waals surface area contributed by atoms with Crippen molar-refractivity contribution < 1.29 is 158 Å². The van der Waals surface area contributed by atoms with Gasteiger partial charge in [-0.1, -0.05) is 12.1 Å². The van der Waals surface area contributed by atoms with Gasteiger partial charge >= 0.3 is 0 Å². The average molecular weight is 1060 g/mol. The van der Waals surface area contributed by atoms with E-state index < -0.39 is 173 Å². The Hall–Kier alpha value is 0.222. The van der Waals surface area contributed by atoms with E-state index in [1.165, 1.54) is 19.9 Å². The third kappa shape index (κ3) is 10.8. The van der Waals surface area contributed by atoms with Crippen LogP contribution < -0.4 is 0 Å². The van der Waals surface area contributed by atoms with Crippen LogP contribution in [0.25, 0.3) is 5.73 Å². The summed E-state index contributed by atoms with van der Waals surface area (Å²) >= 11 is 0. The van der Waals surface area contributed by atoms with Crippen molar-refractivity contribution >= 4 is 0 Å². The van der Waals surface area contributed by atoms with Crippen LogP contribution in [-0.2, 0) is 47.4 Å². The SMILES string of the molecule is C=CCOC1OC(CO)[C@H](O)C(OC2OC(CO)[C@H](O[C@@H]3OC(CO)[C@H](O)C(O)C3O[C@@H]3OC(C)[C@H](O)C(O)C3O)C(O[C@H]3OC(C)[C@@H](O)C(O)C3O)C2[NH-])C1O.[Ac]. The van der Waals surface area contributed by atoms with Gasteiger partial charge in [0.1, 0.15) is 104 Å².